The van der Waals surface area contributed by atoms with E-state index in [1.807, 2.05) is 11.4 Å². The van der Waals surface area contributed by atoms with E-state index in [1.165, 1.54) is 28.9 Å². The number of hydrogen-bond acceptors (Lipinski definition) is 4. The van der Waals surface area contributed by atoms with Gasteiger partial charge >= 0.3 is 0 Å². The van der Waals surface area contributed by atoms with Crippen LogP contribution in [0.4, 0.5) is 10.8 Å². The lowest BCUT2D eigenvalue weighted by Crippen LogP contribution is -2.34. The Labute approximate surface area is 144 Å². The fraction of sp³-hybridized carbons (Fsp3) is 0.389. The monoisotopic (exact) mass is 341 g/mol. The lowest BCUT2D eigenvalue weighted by Gasteiger charge is -2.20. The molecule has 1 fully saturated rings. The molecule has 2 heterocycles. The van der Waals surface area contributed by atoms with Crippen LogP contribution in [0.25, 0.3) is 0 Å². The fourth-order valence-corrected chi connectivity index (χ4v) is 4.21. The molecule has 0 bridgehead atoms. The van der Waals surface area contributed by atoms with Gasteiger partial charge in [0.1, 0.15) is 0 Å². The van der Waals surface area contributed by atoms with Crippen LogP contribution in [-0.4, -0.2) is 30.4 Å². The second-order valence-electron chi connectivity index (χ2n) is 6.42. The van der Waals surface area contributed by atoms with E-state index in [-0.39, 0.29) is 24.2 Å². The Balaban J connectivity index is 1.52. The average Bonchev–Trinajstić information content (AvgIpc) is 3.32. The minimum absolute atomic E-state index is 0.0267. The second kappa shape index (κ2) is 6.02. The van der Waals surface area contributed by atoms with Gasteiger partial charge < -0.3 is 4.90 Å². The Morgan fingerprint density at radius 1 is 1.33 bits per heavy atom. The standard InChI is InChI=1S/C18H19N3O2S/c1-20(18-19-7-8-24-18)17(23)14-10-16(22)21(11-14)15-6-5-12-3-2-4-13(12)9-15/h5-9,14H,2-4,10-11H2,1H3/t14-/m1/s1. The first-order chi connectivity index (χ1) is 11.6. The predicted octanol–water partition coefficient (Wildman–Crippen LogP) is 2.65. The van der Waals surface area contributed by atoms with Crippen molar-refractivity contribution in [1.82, 2.24) is 4.98 Å². The van der Waals surface area contributed by atoms with Crippen LogP contribution in [0.15, 0.2) is 29.8 Å². The SMILES string of the molecule is CN(C(=O)[C@@H]1CC(=O)N(c2ccc3c(c2)CCC3)C1)c1nccs1. The predicted molar refractivity (Wildman–Crippen MR) is 94.5 cm³/mol. The number of aryl methyl sites for hydroxylation is 2. The number of thiazole rings is 1. The maximum Gasteiger partial charge on any atom is 0.233 e. The van der Waals surface area contributed by atoms with Gasteiger partial charge in [0.05, 0.1) is 5.92 Å². The summed E-state index contributed by atoms with van der Waals surface area (Å²) in [5.41, 5.74) is 3.66. The van der Waals surface area contributed by atoms with E-state index in [1.54, 1.807) is 23.0 Å². The summed E-state index contributed by atoms with van der Waals surface area (Å²) in [6.07, 6.45) is 5.35. The zero-order valence-corrected chi connectivity index (χ0v) is 14.4. The minimum atomic E-state index is -0.306. The maximum absolute atomic E-state index is 12.7. The highest BCUT2D eigenvalue weighted by molar-refractivity contribution is 7.13. The van der Waals surface area contributed by atoms with Gasteiger partial charge in [-0.2, -0.15) is 0 Å². The van der Waals surface area contributed by atoms with Crippen LogP contribution in [0.3, 0.4) is 0 Å². The molecule has 1 aromatic heterocycles. The average molecular weight is 341 g/mol. The third-order valence-corrected chi connectivity index (χ3v) is 5.75. The number of hydrogen-bond donors (Lipinski definition) is 0. The van der Waals surface area contributed by atoms with Gasteiger partial charge in [0.2, 0.25) is 11.8 Å². The number of aromatic nitrogens is 1. The van der Waals surface area contributed by atoms with Crippen LogP contribution in [0.1, 0.15) is 24.0 Å². The van der Waals surface area contributed by atoms with Crippen LogP contribution >= 0.6 is 11.3 Å². The number of anilines is 2. The van der Waals surface area contributed by atoms with E-state index in [4.69, 9.17) is 0 Å². The van der Waals surface area contributed by atoms with Crippen LogP contribution in [0, 0.1) is 5.92 Å². The van der Waals surface area contributed by atoms with Crippen molar-refractivity contribution in [3.05, 3.63) is 40.9 Å². The summed E-state index contributed by atoms with van der Waals surface area (Å²) < 4.78 is 0. The van der Waals surface area contributed by atoms with E-state index < -0.39 is 0 Å². The number of fused-ring (bicyclic) bond motifs is 1. The minimum Gasteiger partial charge on any atom is -0.312 e. The molecule has 0 unspecified atom stereocenters. The van der Waals surface area contributed by atoms with E-state index >= 15 is 0 Å². The highest BCUT2D eigenvalue weighted by atomic mass is 32.1. The third kappa shape index (κ3) is 2.60. The van der Waals surface area contributed by atoms with Crippen molar-refractivity contribution in [3.8, 4) is 0 Å². The van der Waals surface area contributed by atoms with Crippen molar-refractivity contribution < 1.29 is 9.59 Å². The fourth-order valence-electron chi connectivity index (χ4n) is 3.60. The molecule has 24 heavy (non-hydrogen) atoms. The molecule has 2 aromatic rings. The third-order valence-electron chi connectivity index (χ3n) is 4.90. The van der Waals surface area contributed by atoms with Crippen LogP contribution < -0.4 is 9.80 Å². The van der Waals surface area contributed by atoms with E-state index in [0.29, 0.717) is 11.7 Å². The molecule has 6 heteroatoms. The normalized spacial score (nSPS) is 19.6. The molecule has 0 N–H and O–H groups in total. The quantitative estimate of drug-likeness (QED) is 0.862. The highest BCUT2D eigenvalue weighted by Gasteiger charge is 2.37. The summed E-state index contributed by atoms with van der Waals surface area (Å²) in [4.78, 5) is 32.6. The number of rotatable bonds is 3. The van der Waals surface area contributed by atoms with Crippen molar-refractivity contribution in [2.24, 2.45) is 5.92 Å². The molecule has 0 spiro atoms. The second-order valence-corrected chi connectivity index (χ2v) is 7.30. The number of nitrogens with zero attached hydrogens (tertiary/aromatic N) is 3. The molecular weight excluding hydrogens is 322 g/mol. The summed E-state index contributed by atoms with van der Waals surface area (Å²) in [6.45, 7) is 0.451. The molecule has 0 radical (unpaired) electrons. The van der Waals surface area contributed by atoms with Gasteiger partial charge in [-0.1, -0.05) is 6.07 Å². The number of amides is 2. The molecule has 1 aromatic carbocycles. The lowest BCUT2D eigenvalue weighted by molar-refractivity contribution is -0.124. The zero-order valence-electron chi connectivity index (χ0n) is 13.6. The zero-order chi connectivity index (χ0) is 16.7. The molecule has 0 saturated carbocycles. The molecule has 1 saturated heterocycles. The van der Waals surface area contributed by atoms with Crippen molar-refractivity contribution in [1.29, 1.82) is 0 Å². The first-order valence-corrected chi connectivity index (χ1v) is 9.10. The van der Waals surface area contributed by atoms with Crippen molar-refractivity contribution in [2.75, 3.05) is 23.4 Å². The summed E-state index contributed by atoms with van der Waals surface area (Å²) in [5, 5.41) is 2.51. The Hall–Kier alpha value is -2.21. The topological polar surface area (TPSA) is 53.5 Å². The van der Waals surface area contributed by atoms with Gasteiger partial charge in [0.15, 0.2) is 5.13 Å². The van der Waals surface area contributed by atoms with Crippen molar-refractivity contribution in [2.45, 2.75) is 25.7 Å². The van der Waals surface area contributed by atoms with E-state index in [9.17, 15) is 9.59 Å². The summed E-state index contributed by atoms with van der Waals surface area (Å²) in [7, 11) is 1.73. The Morgan fingerprint density at radius 3 is 2.96 bits per heavy atom. The number of carbonyl (C=O) groups excluding carboxylic acids is 2. The van der Waals surface area contributed by atoms with E-state index in [0.717, 1.165) is 18.5 Å². The molecule has 4 rings (SSSR count). The summed E-state index contributed by atoms with van der Waals surface area (Å²) in [5.74, 6) is -0.319. The number of carbonyl (C=O) groups is 2. The molecule has 2 amide bonds. The molecule has 2 aliphatic rings. The largest absolute Gasteiger partial charge is 0.312 e. The molecule has 124 valence electrons. The van der Waals surface area contributed by atoms with Gasteiger partial charge in [-0.15, -0.1) is 11.3 Å². The molecule has 1 aliphatic carbocycles. The van der Waals surface area contributed by atoms with E-state index in [2.05, 4.69) is 17.1 Å². The van der Waals surface area contributed by atoms with Crippen LogP contribution in [0.5, 0.6) is 0 Å². The van der Waals surface area contributed by atoms with Crippen LogP contribution in [-0.2, 0) is 22.4 Å². The Bertz CT molecular complexity index is 788. The van der Waals surface area contributed by atoms with Crippen molar-refractivity contribution in [3.63, 3.8) is 0 Å². The smallest absolute Gasteiger partial charge is 0.233 e. The Morgan fingerprint density at radius 2 is 2.17 bits per heavy atom. The van der Waals surface area contributed by atoms with Gasteiger partial charge in [-0.3, -0.25) is 14.5 Å². The molecule has 1 atom stereocenters. The molecular formula is C18H19N3O2S. The van der Waals surface area contributed by atoms with Gasteiger partial charge in [0, 0.05) is 37.3 Å². The maximum atomic E-state index is 12.7. The Kier molecular flexibility index (Phi) is 3.84. The first kappa shape index (κ1) is 15.3. The van der Waals surface area contributed by atoms with Gasteiger partial charge in [-0.05, 0) is 42.5 Å². The summed E-state index contributed by atoms with van der Waals surface area (Å²) >= 11 is 1.43. The van der Waals surface area contributed by atoms with Crippen LogP contribution in [0.2, 0.25) is 0 Å². The van der Waals surface area contributed by atoms with Crippen molar-refractivity contribution >= 4 is 34.0 Å². The summed E-state index contributed by atoms with van der Waals surface area (Å²) in [6, 6.07) is 6.26. The lowest BCUT2D eigenvalue weighted by atomic mass is 10.1. The molecule has 5 nitrogen and oxygen atoms in total. The van der Waals surface area contributed by atoms with Gasteiger partial charge in [-0.25, -0.2) is 4.98 Å². The number of benzene rings is 1. The first-order valence-electron chi connectivity index (χ1n) is 8.22. The highest BCUT2D eigenvalue weighted by Crippen LogP contribution is 2.31. The molecule has 1 aliphatic heterocycles. The van der Waals surface area contributed by atoms with Gasteiger partial charge in [0.25, 0.3) is 0 Å².